The van der Waals surface area contributed by atoms with E-state index in [0.717, 1.165) is 17.7 Å². The number of aromatic nitrogens is 2. The van der Waals surface area contributed by atoms with Crippen molar-refractivity contribution in [2.45, 2.75) is 57.4 Å². The van der Waals surface area contributed by atoms with Gasteiger partial charge < -0.3 is 0 Å². The largest absolute Gasteiger partial charge is 0.269 e. The van der Waals surface area contributed by atoms with Gasteiger partial charge in [0.1, 0.15) is 4.90 Å². The van der Waals surface area contributed by atoms with Gasteiger partial charge in [-0.1, -0.05) is 39.0 Å². The van der Waals surface area contributed by atoms with Crippen molar-refractivity contribution in [3.63, 3.8) is 0 Å². The summed E-state index contributed by atoms with van der Waals surface area (Å²) in [5, 5.41) is 4.59. The third kappa shape index (κ3) is 2.73. The summed E-state index contributed by atoms with van der Waals surface area (Å²) in [5.74, 6) is 0. The Hall–Kier alpha value is -1.82. The Morgan fingerprint density at radius 2 is 1.83 bits per heavy atom. The molecule has 0 atom stereocenters. The average Bonchev–Trinajstić information content (AvgIpc) is 3.12. The number of hydrogen-bond acceptors (Lipinski definition) is 3. The highest BCUT2D eigenvalue weighted by Gasteiger charge is 2.36. The van der Waals surface area contributed by atoms with Gasteiger partial charge in [0, 0.05) is 24.2 Å². The highest BCUT2D eigenvalue weighted by atomic mass is 32.2. The lowest BCUT2D eigenvalue weighted by atomic mass is 9.92. The van der Waals surface area contributed by atoms with Crippen molar-refractivity contribution in [3.8, 4) is 0 Å². The second-order valence-corrected chi connectivity index (χ2v) is 9.45. The molecular formula is C18H25N3O2S. The van der Waals surface area contributed by atoms with Gasteiger partial charge in [0.05, 0.1) is 11.4 Å². The Kier molecular flexibility index (Phi) is 3.98. The molecule has 0 aliphatic carbocycles. The van der Waals surface area contributed by atoms with Gasteiger partial charge in [0.25, 0.3) is 10.0 Å². The summed E-state index contributed by atoms with van der Waals surface area (Å²) in [6, 6.07) is 7.82. The molecule has 0 fully saturated rings. The van der Waals surface area contributed by atoms with Crippen LogP contribution in [0.25, 0.3) is 0 Å². The van der Waals surface area contributed by atoms with Gasteiger partial charge in [0.15, 0.2) is 0 Å². The number of nitrogens with zero attached hydrogens (tertiary/aromatic N) is 3. The molecule has 24 heavy (non-hydrogen) atoms. The third-order valence-electron chi connectivity index (χ3n) is 4.35. The normalized spacial score (nSPS) is 15.2. The Morgan fingerprint density at radius 3 is 2.46 bits per heavy atom. The summed E-state index contributed by atoms with van der Waals surface area (Å²) in [6.07, 6.45) is 2.43. The minimum Gasteiger partial charge on any atom is -0.269 e. The molecule has 0 saturated heterocycles. The van der Waals surface area contributed by atoms with Crippen molar-refractivity contribution >= 4 is 15.7 Å². The average molecular weight is 347 g/mol. The van der Waals surface area contributed by atoms with E-state index in [1.807, 2.05) is 58.9 Å². The van der Waals surface area contributed by atoms with Gasteiger partial charge in [0.2, 0.25) is 0 Å². The minimum atomic E-state index is -3.63. The smallest absolute Gasteiger partial charge is 0.267 e. The molecule has 1 aromatic heterocycles. The predicted molar refractivity (Wildman–Crippen MR) is 96.0 cm³/mol. The fraction of sp³-hybridized carbons (Fsp3) is 0.500. The predicted octanol–water partition coefficient (Wildman–Crippen LogP) is 3.51. The molecule has 0 N–H and O–H groups in total. The highest BCUT2D eigenvalue weighted by Crippen LogP contribution is 2.36. The Bertz CT molecular complexity index is 861. The van der Waals surface area contributed by atoms with Crippen LogP contribution >= 0.6 is 0 Å². The van der Waals surface area contributed by atoms with Crippen LogP contribution in [-0.2, 0) is 21.9 Å². The molecule has 0 radical (unpaired) electrons. The first-order valence-electron chi connectivity index (χ1n) is 8.32. The SMILES string of the molecule is CC(C)n1cc(S(=O)(=O)N2CCc3ccccc32)c(C(C)(C)C)n1. The first-order chi connectivity index (χ1) is 11.1. The Morgan fingerprint density at radius 1 is 1.17 bits per heavy atom. The minimum absolute atomic E-state index is 0.112. The second kappa shape index (κ2) is 5.62. The molecule has 0 bridgehead atoms. The van der Waals surface area contributed by atoms with Crippen molar-refractivity contribution in [2.24, 2.45) is 0 Å². The van der Waals surface area contributed by atoms with Crippen molar-refractivity contribution < 1.29 is 8.42 Å². The monoisotopic (exact) mass is 347 g/mol. The van der Waals surface area contributed by atoms with Gasteiger partial charge in [-0.2, -0.15) is 5.10 Å². The molecule has 1 aliphatic rings. The van der Waals surface area contributed by atoms with Crippen LogP contribution in [0, 0.1) is 0 Å². The van der Waals surface area contributed by atoms with Crippen molar-refractivity contribution in [2.75, 3.05) is 10.8 Å². The zero-order chi connectivity index (χ0) is 17.7. The van der Waals surface area contributed by atoms with Crippen LogP contribution in [0.4, 0.5) is 5.69 Å². The van der Waals surface area contributed by atoms with E-state index in [1.54, 1.807) is 10.9 Å². The fourth-order valence-electron chi connectivity index (χ4n) is 3.02. The first kappa shape index (κ1) is 17.0. The number of rotatable bonds is 3. The van der Waals surface area contributed by atoms with Crippen LogP contribution in [0.15, 0.2) is 35.4 Å². The van der Waals surface area contributed by atoms with Crippen LogP contribution < -0.4 is 4.31 Å². The summed E-state index contributed by atoms with van der Waals surface area (Å²) in [4.78, 5) is 0.320. The molecule has 3 rings (SSSR count). The molecule has 0 amide bonds. The van der Waals surface area contributed by atoms with E-state index < -0.39 is 10.0 Å². The van der Waals surface area contributed by atoms with Gasteiger partial charge in [-0.15, -0.1) is 0 Å². The van der Waals surface area contributed by atoms with Crippen molar-refractivity contribution in [3.05, 3.63) is 41.7 Å². The summed E-state index contributed by atoms with van der Waals surface area (Å²) in [7, 11) is -3.63. The Labute approximate surface area is 144 Å². The lowest BCUT2D eigenvalue weighted by Gasteiger charge is -2.22. The summed E-state index contributed by atoms with van der Waals surface area (Å²) in [6.45, 7) is 10.5. The van der Waals surface area contributed by atoms with Crippen LogP contribution in [-0.4, -0.2) is 24.7 Å². The maximum absolute atomic E-state index is 13.4. The fourth-order valence-corrected chi connectivity index (χ4v) is 4.86. The van der Waals surface area contributed by atoms with E-state index in [2.05, 4.69) is 5.10 Å². The molecule has 1 aliphatic heterocycles. The molecule has 0 unspecified atom stereocenters. The van der Waals surface area contributed by atoms with E-state index in [4.69, 9.17) is 0 Å². The molecule has 6 heteroatoms. The van der Waals surface area contributed by atoms with Crippen LogP contribution in [0.2, 0.25) is 0 Å². The van der Waals surface area contributed by atoms with E-state index in [9.17, 15) is 8.42 Å². The van der Waals surface area contributed by atoms with E-state index in [0.29, 0.717) is 17.1 Å². The van der Waals surface area contributed by atoms with Crippen molar-refractivity contribution in [1.29, 1.82) is 0 Å². The maximum Gasteiger partial charge on any atom is 0.267 e. The number of fused-ring (bicyclic) bond motifs is 1. The molecule has 5 nitrogen and oxygen atoms in total. The van der Waals surface area contributed by atoms with Gasteiger partial charge >= 0.3 is 0 Å². The van der Waals surface area contributed by atoms with E-state index >= 15 is 0 Å². The quantitative estimate of drug-likeness (QED) is 0.854. The van der Waals surface area contributed by atoms with Crippen LogP contribution in [0.5, 0.6) is 0 Å². The maximum atomic E-state index is 13.4. The summed E-state index contributed by atoms with van der Waals surface area (Å²) >= 11 is 0. The number of para-hydroxylation sites is 1. The molecule has 1 aromatic carbocycles. The molecular weight excluding hydrogens is 322 g/mol. The zero-order valence-electron chi connectivity index (χ0n) is 14.9. The van der Waals surface area contributed by atoms with Gasteiger partial charge in [-0.25, -0.2) is 8.42 Å². The first-order valence-corrected chi connectivity index (χ1v) is 9.76. The number of hydrogen-bond donors (Lipinski definition) is 0. The standard InChI is InChI=1S/C18H25N3O2S/c1-13(2)20-12-16(17(19-20)18(3,4)5)24(22,23)21-11-10-14-8-6-7-9-15(14)21/h6-9,12-13H,10-11H2,1-5H3. The third-order valence-corrected chi connectivity index (χ3v) is 6.16. The molecule has 0 spiro atoms. The molecule has 130 valence electrons. The Balaban J connectivity index is 2.15. The number of anilines is 1. The lowest BCUT2D eigenvalue weighted by Crippen LogP contribution is -2.31. The second-order valence-electron chi connectivity index (χ2n) is 7.62. The summed E-state index contributed by atoms with van der Waals surface area (Å²) in [5.41, 5.74) is 2.15. The van der Waals surface area contributed by atoms with Crippen LogP contribution in [0.3, 0.4) is 0 Å². The number of sulfonamides is 1. The molecule has 0 saturated carbocycles. The van der Waals surface area contributed by atoms with Crippen LogP contribution in [0.1, 0.15) is 51.9 Å². The number of benzene rings is 1. The highest BCUT2D eigenvalue weighted by molar-refractivity contribution is 7.93. The van der Waals surface area contributed by atoms with E-state index in [-0.39, 0.29) is 11.5 Å². The summed E-state index contributed by atoms with van der Waals surface area (Å²) < 4.78 is 30.0. The molecule has 2 heterocycles. The van der Waals surface area contributed by atoms with Gasteiger partial charge in [-0.3, -0.25) is 8.99 Å². The molecule has 2 aromatic rings. The lowest BCUT2D eigenvalue weighted by molar-refractivity contribution is 0.493. The topological polar surface area (TPSA) is 55.2 Å². The zero-order valence-corrected chi connectivity index (χ0v) is 15.8. The van der Waals surface area contributed by atoms with Gasteiger partial charge in [-0.05, 0) is 31.9 Å². The van der Waals surface area contributed by atoms with E-state index in [1.165, 1.54) is 4.31 Å². The van der Waals surface area contributed by atoms with Crippen molar-refractivity contribution in [1.82, 2.24) is 9.78 Å².